The topological polar surface area (TPSA) is 86.8 Å². The van der Waals surface area contributed by atoms with Crippen molar-refractivity contribution in [3.63, 3.8) is 0 Å². The molecular weight excluding hydrogens is 497 g/mol. The Morgan fingerprint density at radius 1 is 1.06 bits per heavy atom. The van der Waals surface area contributed by atoms with E-state index in [9.17, 15) is 18.0 Å². The largest absolute Gasteiger partial charge is 0.357 e. The lowest BCUT2D eigenvalue weighted by molar-refractivity contribution is -0.141. The van der Waals surface area contributed by atoms with Crippen LogP contribution in [-0.4, -0.2) is 51.0 Å². The maximum absolute atomic E-state index is 13.3. The van der Waals surface area contributed by atoms with Gasteiger partial charge in [0, 0.05) is 36.6 Å². The van der Waals surface area contributed by atoms with E-state index in [1.165, 1.54) is 16.3 Å². The van der Waals surface area contributed by atoms with Gasteiger partial charge in [0.05, 0.1) is 11.9 Å². The molecule has 186 valence electrons. The molecule has 10 heteroatoms. The molecular formula is C24H31Cl2N3O4S. The van der Waals surface area contributed by atoms with E-state index in [-0.39, 0.29) is 37.7 Å². The average molecular weight is 529 g/mol. The molecule has 7 nitrogen and oxygen atoms in total. The molecule has 0 spiro atoms. The van der Waals surface area contributed by atoms with Crippen LogP contribution in [0.4, 0.5) is 5.69 Å². The fourth-order valence-electron chi connectivity index (χ4n) is 3.71. The van der Waals surface area contributed by atoms with Crippen LogP contribution in [0.15, 0.2) is 42.5 Å². The van der Waals surface area contributed by atoms with Crippen LogP contribution in [0.2, 0.25) is 10.0 Å². The number of amides is 2. The summed E-state index contributed by atoms with van der Waals surface area (Å²) in [5.74, 6) is -0.487. The fourth-order valence-corrected chi connectivity index (χ4v) is 5.01. The van der Waals surface area contributed by atoms with E-state index in [4.69, 9.17) is 23.2 Å². The predicted octanol–water partition coefficient (Wildman–Crippen LogP) is 4.40. The zero-order valence-corrected chi connectivity index (χ0v) is 22.2. The van der Waals surface area contributed by atoms with Crippen LogP contribution >= 0.6 is 23.2 Å². The number of halogens is 2. The highest BCUT2D eigenvalue weighted by Crippen LogP contribution is 2.27. The summed E-state index contributed by atoms with van der Waals surface area (Å²) in [5, 5.41) is 3.63. The minimum Gasteiger partial charge on any atom is -0.357 e. The molecule has 0 aliphatic carbocycles. The number of hydrogen-bond donors (Lipinski definition) is 1. The van der Waals surface area contributed by atoms with Gasteiger partial charge in [-0.2, -0.15) is 0 Å². The highest BCUT2D eigenvalue weighted by Gasteiger charge is 2.28. The first-order valence-corrected chi connectivity index (χ1v) is 13.6. The summed E-state index contributed by atoms with van der Waals surface area (Å²) in [6.07, 6.45) is 1.92. The number of rotatable bonds is 11. The minimum absolute atomic E-state index is 0.0761. The predicted molar refractivity (Wildman–Crippen MR) is 138 cm³/mol. The van der Waals surface area contributed by atoms with Crippen molar-refractivity contribution >= 4 is 50.7 Å². The molecule has 0 bridgehead atoms. The van der Waals surface area contributed by atoms with E-state index >= 15 is 0 Å². The number of anilines is 1. The summed E-state index contributed by atoms with van der Waals surface area (Å²) in [5.41, 5.74) is 2.08. The van der Waals surface area contributed by atoms with Gasteiger partial charge in [-0.1, -0.05) is 48.3 Å². The SMILES string of the molecule is CCC(C(=O)NC)N(Cc1ccc(Cl)cc1)C(=O)CCCN(c1cc(Cl)ccc1C)S(C)(=O)=O. The van der Waals surface area contributed by atoms with Crippen LogP contribution in [0.5, 0.6) is 0 Å². The Labute approximate surface area is 212 Å². The van der Waals surface area contributed by atoms with E-state index in [0.717, 1.165) is 17.4 Å². The smallest absolute Gasteiger partial charge is 0.242 e. The standard InChI is InChI=1S/C24H31Cl2N3O4S/c1-5-21(24(31)27-3)28(16-18-9-12-19(25)13-10-18)23(30)7-6-14-29(34(4,32)33)22-15-20(26)11-8-17(22)2/h8-13,15,21H,5-7,14,16H2,1-4H3,(H,27,31). The molecule has 1 atom stereocenters. The van der Waals surface area contributed by atoms with E-state index in [2.05, 4.69) is 5.32 Å². The Morgan fingerprint density at radius 2 is 1.68 bits per heavy atom. The number of likely N-dealkylation sites (N-methyl/N-ethyl adjacent to an activating group) is 1. The Morgan fingerprint density at radius 3 is 2.24 bits per heavy atom. The molecule has 0 aromatic heterocycles. The van der Waals surface area contributed by atoms with Gasteiger partial charge in [0.1, 0.15) is 6.04 Å². The first kappa shape index (κ1) is 28.0. The molecule has 2 rings (SSSR count). The van der Waals surface area contributed by atoms with E-state index < -0.39 is 16.1 Å². The summed E-state index contributed by atoms with van der Waals surface area (Å²) in [6.45, 7) is 4.00. The van der Waals surface area contributed by atoms with Gasteiger partial charge in [-0.15, -0.1) is 0 Å². The number of nitrogens with zero attached hydrogens (tertiary/aromatic N) is 2. The lowest BCUT2D eigenvalue weighted by Gasteiger charge is -2.31. The van der Waals surface area contributed by atoms with Crippen molar-refractivity contribution in [2.24, 2.45) is 0 Å². The molecule has 34 heavy (non-hydrogen) atoms. The van der Waals surface area contributed by atoms with Crippen molar-refractivity contribution in [2.45, 2.75) is 45.7 Å². The van der Waals surface area contributed by atoms with Gasteiger partial charge >= 0.3 is 0 Å². The van der Waals surface area contributed by atoms with Gasteiger partial charge in [-0.25, -0.2) is 8.42 Å². The molecule has 0 fully saturated rings. The van der Waals surface area contributed by atoms with E-state index in [1.807, 2.05) is 19.1 Å². The van der Waals surface area contributed by atoms with Gasteiger partial charge < -0.3 is 10.2 Å². The molecule has 2 aromatic carbocycles. The van der Waals surface area contributed by atoms with Crippen molar-refractivity contribution in [1.82, 2.24) is 10.2 Å². The van der Waals surface area contributed by atoms with Gasteiger partial charge in [-0.3, -0.25) is 13.9 Å². The summed E-state index contributed by atoms with van der Waals surface area (Å²) in [4.78, 5) is 27.3. The molecule has 2 amide bonds. The number of benzene rings is 2. The molecule has 0 radical (unpaired) electrons. The Balaban J connectivity index is 2.21. The Kier molecular flexibility index (Phi) is 10.2. The quantitative estimate of drug-likeness (QED) is 0.469. The lowest BCUT2D eigenvalue weighted by atomic mass is 10.1. The first-order valence-electron chi connectivity index (χ1n) is 11.0. The van der Waals surface area contributed by atoms with Crippen LogP contribution < -0.4 is 9.62 Å². The fraction of sp³-hybridized carbons (Fsp3) is 0.417. The van der Waals surface area contributed by atoms with Crippen LogP contribution in [0.25, 0.3) is 0 Å². The number of nitrogens with one attached hydrogen (secondary N) is 1. The van der Waals surface area contributed by atoms with Crippen molar-refractivity contribution in [1.29, 1.82) is 0 Å². The summed E-state index contributed by atoms with van der Waals surface area (Å²) >= 11 is 12.1. The van der Waals surface area contributed by atoms with Crippen molar-refractivity contribution in [2.75, 3.05) is 24.2 Å². The van der Waals surface area contributed by atoms with Gasteiger partial charge in [0.2, 0.25) is 21.8 Å². The molecule has 1 N–H and O–H groups in total. The van der Waals surface area contributed by atoms with Crippen LogP contribution in [-0.2, 0) is 26.2 Å². The molecule has 0 aliphatic rings. The summed E-state index contributed by atoms with van der Waals surface area (Å²) in [6, 6.07) is 11.5. The molecule has 0 heterocycles. The van der Waals surface area contributed by atoms with Crippen LogP contribution in [0, 0.1) is 6.92 Å². The van der Waals surface area contributed by atoms with E-state index in [0.29, 0.717) is 22.2 Å². The average Bonchev–Trinajstić information content (AvgIpc) is 2.78. The molecule has 0 saturated carbocycles. The number of carbonyl (C=O) groups is 2. The summed E-state index contributed by atoms with van der Waals surface area (Å²) < 4.78 is 26.2. The van der Waals surface area contributed by atoms with Crippen molar-refractivity contribution in [3.05, 3.63) is 63.6 Å². The highest BCUT2D eigenvalue weighted by molar-refractivity contribution is 7.92. The third-order valence-corrected chi connectivity index (χ3v) is 7.16. The number of aryl methyl sites for hydroxylation is 1. The molecule has 2 aromatic rings. The number of carbonyl (C=O) groups excluding carboxylic acids is 2. The third-order valence-electron chi connectivity index (χ3n) is 5.49. The second-order valence-corrected chi connectivity index (χ2v) is 10.8. The van der Waals surface area contributed by atoms with Crippen LogP contribution in [0.3, 0.4) is 0 Å². The molecule has 0 aliphatic heterocycles. The molecule has 1 unspecified atom stereocenters. The maximum atomic E-state index is 13.3. The first-order chi connectivity index (χ1) is 16.0. The zero-order chi connectivity index (χ0) is 25.5. The second kappa shape index (κ2) is 12.4. The number of hydrogen-bond acceptors (Lipinski definition) is 4. The molecule has 0 saturated heterocycles. The monoisotopic (exact) mass is 527 g/mol. The Hall–Kier alpha value is -2.29. The number of sulfonamides is 1. The second-order valence-electron chi connectivity index (χ2n) is 8.06. The van der Waals surface area contributed by atoms with E-state index in [1.54, 1.807) is 37.3 Å². The zero-order valence-electron chi connectivity index (χ0n) is 19.8. The van der Waals surface area contributed by atoms with Gasteiger partial charge in [0.15, 0.2) is 0 Å². The third kappa shape index (κ3) is 7.61. The normalized spacial score (nSPS) is 12.2. The van der Waals surface area contributed by atoms with Crippen molar-refractivity contribution < 1.29 is 18.0 Å². The van der Waals surface area contributed by atoms with Gasteiger partial charge in [-0.05, 0) is 55.2 Å². The summed E-state index contributed by atoms with van der Waals surface area (Å²) in [7, 11) is -2.06. The lowest BCUT2D eigenvalue weighted by Crippen LogP contribution is -2.48. The highest BCUT2D eigenvalue weighted by atomic mass is 35.5. The van der Waals surface area contributed by atoms with Crippen LogP contribution in [0.1, 0.15) is 37.3 Å². The maximum Gasteiger partial charge on any atom is 0.242 e. The van der Waals surface area contributed by atoms with Crippen molar-refractivity contribution in [3.8, 4) is 0 Å². The van der Waals surface area contributed by atoms with Gasteiger partial charge in [0.25, 0.3) is 0 Å². The Bertz CT molecular complexity index is 1110. The minimum atomic E-state index is -3.59.